The molecule has 1 saturated heterocycles. The Morgan fingerprint density at radius 3 is 2.75 bits per heavy atom. The largest absolute Gasteiger partial charge is 0.486 e. The van der Waals surface area contributed by atoms with Crippen molar-refractivity contribution < 1.29 is 14.3 Å². The summed E-state index contributed by atoms with van der Waals surface area (Å²) >= 11 is 1.67. The van der Waals surface area contributed by atoms with Crippen LogP contribution in [0.4, 0.5) is 0 Å². The number of ether oxygens (including phenoxy) is 2. The molecule has 2 aromatic rings. The second kappa shape index (κ2) is 6.73. The van der Waals surface area contributed by atoms with Crippen LogP contribution in [0.5, 0.6) is 11.5 Å². The fraction of sp³-hybridized carbons (Fsp3) is 0.333. The van der Waals surface area contributed by atoms with E-state index in [9.17, 15) is 4.79 Å². The summed E-state index contributed by atoms with van der Waals surface area (Å²) in [5.41, 5.74) is 2.28. The monoisotopic (exact) mass is 342 g/mol. The van der Waals surface area contributed by atoms with Gasteiger partial charge in [0.05, 0.1) is 5.75 Å². The molecule has 1 unspecified atom stereocenters. The molecule has 5 nitrogen and oxygen atoms in total. The summed E-state index contributed by atoms with van der Waals surface area (Å²) in [5.74, 6) is 2.26. The van der Waals surface area contributed by atoms with Crippen molar-refractivity contribution in [2.75, 3.05) is 25.5 Å². The Morgan fingerprint density at radius 1 is 1.12 bits per heavy atom. The molecule has 1 aromatic carbocycles. The first-order chi connectivity index (χ1) is 11.8. The Labute approximate surface area is 145 Å². The van der Waals surface area contributed by atoms with E-state index in [4.69, 9.17) is 9.47 Å². The fourth-order valence-corrected chi connectivity index (χ4v) is 4.19. The molecule has 1 fully saturated rings. The van der Waals surface area contributed by atoms with E-state index in [0.29, 0.717) is 25.5 Å². The Hall–Kier alpha value is -2.21. The minimum atomic E-state index is 0.0372. The Morgan fingerprint density at radius 2 is 1.92 bits per heavy atom. The number of carbonyl (C=O) groups excluding carboxylic acids is 1. The Kier molecular flexibility index (Phi) is 4.30. The second-order valence-corrected chi connectivity index (χ2v) is 6.83. The van der Waals surface area contributed by atoms with Gasteiger partial charge in [-0.05, 0) is 41.8 Å². The van der Waals surface area contributed by atoms with E-state index >= 15 is 0 Å². The van der Waals surface area contributed by atoms with Crippen molar-refractivity contribution in [3.8, 4) is 11.5 Å². The van der Waals surface area contributed by atoms with Crippen molar-refractivity contribution in [2.45, 2.75) is 11.8 Å². The van der Waals surface area contributed by atoms with Crippen LogP contribution in [0.15, 0.2) is 42.7 Å². The number of thioether (sulfide) groups is 1. The lowest BCUT2D eigenvalue weighted by molar-refractivity contribution is -0.128. The zero-order chi connectivity index (χ0) is 16.4. The van der Waals surface area contributed by atoms with E-state index in [-0.39, 0.29) is 11.3 Å². The fourth-order valence-electron chi connectivity index (χ4n) is 2.98. The average molecular weight is 342 g/mol. The van der Waals surface area contributed by atoms with Crippen molar-refractivity contribution in [3.05, 3.63) is 53.9 Å². The first-order valence-electron chi connectivity index (χ1n) is 8.01. The van der Waals surface area contributed by atoms with Gasteiger partial charge in [-0.25, -0.2) is 0 Å². The van der Waals surface area contributed by atoms with Crippen molar-refractivity contribution in [3.63, 3.8) is 0 Å². The predicted molar refractivity (Wildman–Crippen MR) is 92.3 cm³/mol. The van der Waals surface area contributed by atoms with E-state index in [1.165, 1.54) is 5.56 Å². The van der Waals surface area contributed by atoms with Crippen molar-refractivity contribution in [2.24, 2.45) is 0 Å². The maximum atomic E-state index is 12.3. The van der Waals surface area contributed by atoms with E-state index in [0.717, 1.165) is 23.5 Å². The van der Waals surface area contributed by atoms with Gasteiger partial charge in [0.2, 0.25) is 5.91 Å². The quantitative estimate of drug-likeness (QED) is 0.855. The summed E-state index contributed by atoms with van der Waals surface area (Å²) in [6.45, 7) is 1.86. The number of amides is 1. The molecular formula is C18H18N2O3S. The lowest BCUT2D eigenvalue weighted by atomic mass is 10.1. The maximum Gasteiger partial charge on any atom is 0.233 e. The molecular weight excluding hydrogens is 324 g/mol. The maximum absolute atomic E-state index is 12.3. The molecule has 124 valence electrons. The lowest BCUT2D eigenvalue weighted by Crippen LogP contribution is -2.30. The first kappa shape index (κ1) is 15.3. The summed E-state index contributed by atoms with van der Waals surface area (Å²) < 4.78 is 11.2. The standard InChI is InChI=1S/C18H18N2O3S/c21-17-12-24-18(20(17)8-5-13-3-6-19-7-4-13)14-1-2-15-16(11-14)23-10-9-22-15/h1-4,6-7,11,18H,5,8-10,12H2. The summed E-state index contributed by atoms with van der Waals surface area (Å²) in [6.07, 6.45) is 4.40. The molecule has 0 aliphatic carbocycles. The highest BCUT2D eigenvalue weighted by molar-refractivity contribution is 8.00. The summed E-state index contributed by atoms with van der Waals surface area (Å²) in [4.78, 5) is 18.3. The molecule has 2 aliphatic heterocycles. The van der Waals surface area contributed by atoms with Gasteiger partial charge in [0, 0.05) is 18.9 Å². The Balaban J connectivity index is 1.52. The van der Waals surface area contributed by atoms with Gasteiger partial charge in [-0.1, -0.05) is 6.07 Å². The van der Waals surface area contributed by atoms with Crippen LogP contribution in [0, 0.1) is 0 Å². The number of fused-ring (bicyclic) bond motifs is 1. The van der Waals surface area contributed by atoms with Crippen LogP contribution in [-0.2, 0) is 11.2 Å². The zero-order valence-corrected chi connectivity index (χ0v) is 14.0. The van der Waals surface area contributed by atoms with Gasteiger partial charge in [-0.3, -0.25) is 9.78 Å². The van der Waals surface area contributed by atoms with Gasteiger partial charge in [-0.2, -0.15) is 0 Å². The number of pyridine rings is 1. The third-order valence-corrected chi connectivity index (χ3v) is 5.47. The van der Waals surface area contributed by atoms with Gasteiger partial charge in [0.15, 0.2) is 11.5 Å². The third kappa shape index (κ3) is 3.06. The van der Waals surface area contributed by atoms with Crippen LogP contribution >= 0.6 is 11.8 Å². The van der Waals surface area contributed by atoms with Crippen LogP contribution in [0.25, 0.3) is 0 Å². The highest BCUT2D eigenvalue weighted by atomic mass is 32.2. The van der Waals surface area contributed by atoms with E-state index in [1.807, 2.05) is 35.2 Å². The predicted octanol–water partition coefficient (Wildman–Crippen LogP) is 2.67. The number of hydrogen-bond acceptors (Lipinski definition) is 5. The normalized spacial score (nSPS) is 19.6. The highest BCUT2D eigenvalue weighted by Gasteiger charge is 2.33. The van der Waals surface area contributed by atoms with E-state index in [1.54, 1.807) is 24.2 Å². The summed E-state index contributed by atoms with van der Waals surface area (Å²) in [6, 6.07) is 9.96. The van der Waals surface area contributed by atoms with Crippen LogP contribution < -0.4 is 9.47 Å². The molecule has 0 radical (unpaired) electrons. The zero-order valence-electron chi connectivity index (χ0n) is 13.2. The van der Waals surface area contributed by atoms with Gasteiger partial charge >= 0.3 is 0 Å². The molecule has 1 aromatic heterocycles. The number of benzene rings is 1. The lowest BCUT2D eigenvalue weighted by Gasteiger charge is -2.26. The molecule has 0 spiro atoms. The van der Waals surface area contributed by atoms with Crippen LogP contribution in [0.3, 0.4) is 0 Å². The van der Waals surface area contributed by atoms with Gasteiger partial charge in [0.1, 0.15) is 18.6 Å². The minimum Gasteiger partial charge on any atom is -0.486 e. The molecule has 6 heteroatoms. The molecule has 24 heavy (non-hydrogen) atoms. The van der Waals surface area contributed by atoms with Crippen LogP contribution in [-0.4, -0.2) is 41.3 Å². The second-order valence-electron chi connectivity index (χ2n) is 5.76. The van der Waals surface area contributed by atoms with E-state index < -0.39 is 0 Å². The molecule has 2 aliphatic rings. The van der Waals surface area contributed by atoms with E-state index in [2.05, 4.69) is 4.98 Å². The molecule has 1 amide bonds. The van der Waals surface area contributed by atoms with Crippen LogP contribution in [0.1, 0.15) is 16.5 Å². The SMILES string of the molecule is O=C1CSC(c2ccc3c(c2)OCCO3)N1CCc1ccncc1. The number of aromatic nitrogens is 1. The van der Waals surface area contributed by atoms with Gasteiger partial charge in [-0.15, -0.1) is 11.8 Å². The molecule has 0 N–H and O–H groups in total. The molecule has 1 atom stereocenters. The van der Waals surface area contributed by atoms with Crippen molar-refractivity contribution in [1.82, 2.24) is 9.88 Å². The molecule has 4 rings (SSSR count). The van der Waals surface area contributed by atoms with Crippen LogP contribution in [0.2, 0.25) is 0 Å². The molecule has 3 heterocycles. The van der Waals surface area contributed by atoms with Gasteiger partial charge < -0.3 is 14.4 Å². The highest BCUT2D eigenvalue weighted by Crippen LogP contribution is 2.42. The van der Waals surface area contributed by atoms with Crippen molar-refractivity contribution >= 4 is 17.7 Å². The molecule has 0 saturated carbocycles. The first-order valence-corrected chi connectivity index (χ1v) is 9.06. The number of hydrogen-bond donors (Lipinski definition) is 0. The molecule has 0 bridgehead atoms. The Bertz CT molecular complexity index is 738. The number of nitrogens with zero attached hydrogens (tertiary/aromatic N) is 2. The average Bonchev–Trinajstić information content (AvgIpc) is 3.01. The minimum absolute atomic E-state index is 0.0372. The number of rotatable bonds is 4. The van der Waals surface area contributed by atoms with Crippen molar-refractivity contribution in [1.29, 1.82) is 0 Å². The smallest absolute Gasteiger partial charge is 0.233 e. The van der Waals surface area contributed by atoms with Gasteiger partial charge in [0.25, 0.3) is 0 Å². The third-order valence-electron chi connectivity index (χ3n) is 4.21. The summed E-state index contributed by atoms with van der Waals surface area (Å²) in [5, 5.41) is 0.0372. The number of carbonyl (C=O) groups is 1. The topological polar surface area (TPSA) is 51.7 Å². The summed E-state index contributed by atoms with van der Waals surface area (Å²) in [7, 11) is 0.